The SMILES string of the molecule is O=C(c1ccc(CSc2ncn[nH]2)cc1)N1CCNCC1. The van der Waals surface area contributed by atoms with E-state index in [1.807, 2.05) is 29.2 Å². The van der Waals surface area contributed by atoms with Crippen molar-refractivity contribution in [3.05, 3.63) is 41.7 Å². The minimum absolute atomic E-state index is 0.117. The van der Waals surface area contributed by atoms with Crippen molar-refractivity contribution in [3.63, 3.8) is 0 Å². The molecule has 1 fully saturated rings. The largest absolute Gasteiger partial charge is 0.336 e. The van der Waals surface area contributed by atoms with Gasteiger partial charge >= 0.3 is 0 Å². The summed E-state index contributed by atoms with van der Waals surface area (Å²) in [4.78, 5) is 18.3. The van der Waals surface area contributed by atoms with Gasteiger partial charge in [-0.15, -0.1) is 0 Å². The van der Waals surface area contributed by atoms with Crippen LogP contribution >= 0.6 is 11.8 Å². The monoisotopic (exact) mass is 303 g/mol. The molecule has 0 saturated carbocycles. The van der Waals surface area contributed by atoms with Crippen LogP contribution in [0.1, 0.15) is 15.9 Å². The van der Waals surface area contributed by atoms with Gasteiger partial charge < -0.3 is 10.2 Å². The topological polar surface area (TPSA) is 73.9 Å². The molecule has 0 bridgehead atoms. The maximum Gasteiger partial charge on any atom is 0.253 e. The summed E-state index contributed by atoms with van der Waals surface area (Å²) in [7, 11) is 0. The molecule has 21 heavy (non-hydrogen) atoms. The third kappa shape index (κ3) is 3.62. The number of H-pyrrole nitrogens is 1. The first-order chi connectivity index (χ1) is 10.3. The van der Waals surface area contributed by atoms with Crippen molar-refractivity contribution >= 4 is 17.7 Å². The fraction of sp³-hybridized carbons (Fsp3) is 0.357. The van der Waals surface area contributed by atoms with Gasteiger partial charge in [-0.1, -0.05) is 23.9 Å². The number of hydrogen-bond donors (Lipinski definition) is 2. The van der Waals surface area contributed by atoms with Crippen molar-refractivity contribution < 1.29 is 4.79 Å². The van der Waals surface area contributed by atoms with E-state index in [0.29, 0.717) is 0 Å². The molecule has 1 aromatic heterocycles. The van der Waals surface area contributed by atoms with Crippen molar-refractivity contribution in [2.45, 2.75) is 10.9 Å². The Hall–Kier alpha value is -1.86. The molecule has 7 heteroatoms. The highest BCUT2D eigenvalue weighted by Crippen LogP contribution is 2.19. The van der Waals surface area contributed by atoms with Crippen LogP contribution in [-0.4, -0.2) is 52.2 Å². The molecule has 0 spiro atoms. The first-order valence-electron chi connectivity index (χ1n) is 6.90. The van der Waals surface area contributed by atoms with Crippen LogP contribution in [-0.2, 0) is 5.75 Å². The fourth-order valence-corrected chi connectivity index (χ4v) is 2.94. The smallest absolute Gasteiger partial charge is 0.253 e. The number of nitrogens with zero attached hydrogens (tertiary/aromatic N) is 3. The Balaban J connectivity index is 1.59. The molecular formula is C14H17N5OS. The standard InChI is InChI=1S/C14H17N5OS/c20-13(19-7-5-15-6-8-19)12-3-1-11(2-4-12)9-21-14-16-10-17-18-14/h1-4,10,15H,5-9H2,(H,16,17,18). The van der Waals surface area contributed by atoms with E-state index in [9.17, 15) is 4.79 Å². The van der Waals surface area contributed by atoms with Crippen molar-refractivity contribution in [2.75, 3.05) is 26.2 Å². The Morgan fingerprint density at radius 1 is 1.24 bits per heavy atom. The molecule has 2 aromatic rings. The van der Waals surface area contributed by atoms with Crippen molar-refractivity contribution in [1.82, 2.24) is 25.4 Å². The van der Waals surface area contributed by atoms with Gasteiger partial charge in [-0.25, -0.2) is 4.98 Å². The number of benzene rings is 1. The highest BCUT2D eigenvalue weighted by atomic mass is 32.2. The average molecular weight is 303 g/mol. The zero-order valence-corrected chi connectivity index (χ0v) is 12.4. The summed E-state index contributed by atoms with van der Waals surface area (Å²) >= 11 is 1.59. The van der Waals surface area contributed by atoms with E-state index in [4.69, 9.17) is 0 Å². The number of thioether (sulfide) groups is 1. The zero-order chi connectivity index (χ0) is 14.5. The second-order valence-corrected chi connectivity index (χ2v) is 5.78. The molecule has 1 aliphatic heterocycles. The number of aromatic nitrogens is 3. The van der Waals surface area contributed by atoms with Crippen LogP contribution in [0.4, 0.5) is 0 Å². The number of hydrogen-bond acceptors (Lipinski definition) is 5. The quantitative estimate of drug-likeness (QED) is 0.829. The molecule has 1 aliphatic rings. The molecule has 6 nitrogen and oxygen atoms in total. The third-order valence-electron chi connectivity index (χ3n) is 3.37. The Morgan fingerprint density at radius 2 is 2.00 bits per heavy atom. The molecule has 0 unspecified atom stereocenters. The average Bonchev–Trinajstić information content (AvgIpc) is 3.07. The molecule has 1 amide bonds. The lowest BCUT2D eigenvalue weighted by atomic mass is 10.1. The Kier molecular flexibility index (Phi) is 4.52. The van der Waals surface area contributed by atoms with Gasteiger partial charge in [0.25, 0.3) is 5.91 Å². The molecule has 0 atom stereocenters. The number of amides is 1. The molecule has 3 rings (SSSR count). The summed E-state index contributed by atoms with van der Waals surface area (Å²) in [5.74, 6) is 0.919. The van der Waals surface area contributed by atoms with Gasteiger partial charge in [0, 0.05) is 37.5 Å². The van der Waals surface area contributed by atoms with Gasteiger partial charge in [0.2, 0.25) is 0 Å². The predicted octanol–water partition coefficient (Wildman–Crippen LogP) is 1.14. The maximum atomic E-state index is 12.3. The van der Waals surface area contributed by atoms with Crippen molar-refractivity contribution in [2.24, 2.45) is 0 Å². The third-order valence-corrected chi connectivity index (χ3v) is 4.32. The second-order valence-electron chi connectivity index (χ2n) is 4.82. The van der Waals surface area contributed by atoms with Gasteiger partial charge in [-0.2, -0.15) is 5.10 Å². The van der Waals surface area contributed by atoms with Gasteiger partial charge in [-0.3, -0.25) is 9.89 Å². The molecule has 1 aromatic carbocycles. The summed E-state index contributed by atoms with van der Waals surface area (Å²) in [5, 5.41) is 10.7. The highest BCUT2D eigenvalue weighted by molar-refractivity contribution is 7.98. The lowest BCUT2D eigenvalue weighted by Gasteiger charge is -2.27. The summed E-state index contributed by atoms with van der Waals surface area (Å²) < 4.78 is 0. The van der Waals surface area contributed by atoms with Crippen LogP contribution in [0.25, 0.3) is 0 Å². The summed E-state index contributed by atoms with van der Waals surface area (Å²) in [6.45, 7) is 3.30. The summed E-state index contributed by atoms with van der Waals surface area (Å²) in [6, 6.07) is 7.80. The molecule has 1 saturated heterocycles. The van der Waals surface area contributed by atoms with E-state index >= 15 is 0 Å². The molecule has 0 radical (unpaired) electrons. The van der Waals surface area contributed by atoms with Gasteiger partial charge in [-0.05, 0) is 17.7 Å². The molecule has 2 heterocycles. The molecule has 2 N–H and O–H groups in total. The van der Waals surface area contributed by atoms with E-state index in [0.717, 1.165) is 48.2 Å². The van der Waals surface area contributed by atoms with Crippen LogP contribution < -0.4 is 5.32 Å². The van der Waals surface area contributed by atoms with E-state index in [-0.39, 0.29) is 5.91 Å². The van der Waals surface area contributed by atoms with Crippen molar-refractivity contribution in [1.29, 1.82) is 0 Å². The van der Waals surface area contributed by atoms with E-state index in [2.05, 4.69) is 20.5 Å². The van der Waals surface area contributed by atoms with Crippen molar-refractivity contribution in [3.8, 4) is 0 Å². The minimum atomic E-state index is 0.117. The molecule has 110 valence electrons. The predicted molar refractivity (Wildman–Crippen MR) is 81.2 cm³/mol. The fourth-order valence-electron chi connectivity index (χ4n) is 2.21. The summed E-state index contributed by atoms with van der Waals surface area (Å²) in [6.07, 6.45) is 1.50. The minimum Gasteiger partial charge on any atom is -0.336 e. The Morgan fingerprint density at radius 3 is 2.67 bits per heavy atom. The van der Waals surface area contributed by atoms with E-state index in [1.54, 1.807) is 11.8 Å². The first kappa shape index (κ1) is 14.1. The lowest BCUT2D eigenvalue weighted by molar-refractivity contribution is 0.0736. The van der Waals surface area contributed by atoms with Gasteiger partial charge in [0.15, 0.2) is 5.16 Å². The maximum absolute atomic E-state index is 12.3. The number of aromatic amines is 1. The first-order valence-corrected chi connectivity index (χ1v) is 7.88. The molecule has 0 aliphatic carbocycles. The second kappa shape index (κ2) is 6.73. The number of rotatable bonds is 4. The van der Waals surface area contributed by atoms with E-state index < -0.39 is 0 Å². The van der Waals surface area contributed by atoms with Crippen LogP contribution in [0.15, 0.2) is 35.7 Å². The zero-order valence-electron chi connectivity index (χ0n) is 11.6. The van der Waals surface area contributed by atoms with Gasteiger partial charge in [0.1, 0.15) is 6.33 Å². The Labute approximate surface area is 127 Å². The number of nitrogens with one attached hydrogen (secondary N) is 2. The highest BCUT2D eigenvalue weighted by Gasteiger charge is 2.17. The number of carbonyl (C=O) groups excluding carboxylic acids is 1. The van der Waals surface area contributed by atoms with Crippen LogP contribution in [0.5, 0.6) is 0 Å². The Bertz CT molecular complexity index is 578. The van der Waals surface area contributed by atoms with Crippen LogP contribution in [0.3, 0.4) is 0 Å². The molecular weight excluding hydrogens is 286 g/mol. The van der Waals surface area contributed by atoms with E-state index in [1.165, 1.54) is 6.33 Å². The normalized spacial score (nSPS) is 15.1. The number of carbonyl (C=O) groups is 1. The number of piperazine rings is 1. The van der Waals surface area contributed by atoms with Crippen LogP contribution in [0.2, 0.25) is 0 Å². The summed E-state index contributed by atoms with van der Waals surface area (Å²) in [5.41, 5.74) is 1.92. The lowest BCUT2D eigenvalue weighted by Crippen LogP contribution is -2.46. The van der Waals surface area contributed by atoms with Crippen LogP contribution in [0, 0.1) is 0 Å². The van der Waals surface area contributed by atoms with Gasteiger partial charge in [0.05, 0.1) is 0 Å².